The minimum atomic E-state index is -2.24. The number of halogens is 6. The maximum atomic E-state index is 13.3. The van der Waals surface area contributed by atoms with Crippen molar-refractivity contribution in [3.05, 3.63) is 52.0 Å². The van der Waals surface area contributed by atoms with Crippen molar-refractivity contribution in [2.75, 3.05) is 0 Å². The molecular formula is C11H3BrF5NO. The number of nitrogens with zero attached hydrogens (tertiary/aromatic N) is 1. The molecule has 0 N–H and O–H groups in total. The predicted molar refractivity (Wildman–Crippen MR) is 58.2 cm³/mol. The lowest BCUT2D eigenvalue weighted by molar-refractivity contribution is 0.331. The van der Waals surface area contributed by atoms with Crippen molar-refractivity contribution in [2.24, 2.45) is 0 Å². The zero-order chi connectivity index (χ0) is 14.2. The first-order chi connectivity index (χ1) is 8.91. The number of benzene rings is 1. The molecule has 100 valence electrons. The molecule has 0 atom stereocenters. The van der Waals surface area contributed by atoms with Gasteiger partial charge in [0.05, 0.1) is 6.20 Å². The number of aromatic nitrogens is 1. The van der Waals surface area contributed by atoms with Gasteiger partial charge in [-0.1, -0.05) is 0 Å². The number of ether oxygens (including phenoxy) is 1. The summed E-state index contributed by atoms with van der Waals surface area (Å²) in [7, 11) is 0. The fraction of sp³-hybridized carbons (Fsp3) is 0. The SMILES string of the molecule is Fc1c(F)c(F)c(Oc2cncc(Br)c2)c(F)c1F. The Balaban J connectivity index is 2.52. The van der Waals surface area contributed by atoms with E-state index in [4.69, 9.17) is 0 Å². The van der Waals surface area contributed by atoms with Crippen LogP contribution in [0.25, 0.3) is 0 Å². The van der Waals surface area contributed by atoms with Crippen LogP contribution in [0.5, 0.6) is 11.5 Å². The lowest BCUT2D eigenvalue weighted by Crippen LogP contribution is -2.04. The van der Waals surface area contributed by atoms with Crippen molar-refractivity contribution in [2.45, 2.75) is 0 Å². The highest BCUT2D eigenvalue weighted by molar-refractivity contribution is 9.10. The second kappa shape index (κ2) is 5.12. The van der Waals surface area contributed by atoms with Crippen molar-refractivity contribution in [1.82, 2.24) is 4.98 Å². The van der Waals surface area contributed by atoms with Gasteiger partial charge in [-0.15, -0.1) is 0 Å². The van der Waals surface area contributed by atoms with Gasteiger partial charge in [-0.3, -0.25) is 4.98 Å². The highest BCUT2D eigenvalue weighted by Gasteiger charge is 2.27. The molecule has 0 fully saturated rings. The maximum Gasteiger partial charge on any atom is 0.207 e. The van der Waals surface area contributed by atoms with Gasteiger partial charge in [-0.05, 0) is 22.0 Å². The van der Waals surface area contributed by atoms with Crippen LogP contribution in [0.15, 0.2) is 22.9 Å². The first-order valence-corrected chi connectivity index (χ1v) is 5.51. The maximum absolute atomic E-state index is 13.3. The highest BCUT2D eigenvalue weighted by atomic mass is 79.9. The third-order valence-electron chi connectivity index (χ3n) is 2.07. The molecule has 0 aliphatic rings. The van der Waals surface area contributed by atoms with Gasteiger partial charge in [0, 0.05) is 10.7 Å². The fourth-order valence-electron chi connectivity index (χ4n) is 1.24. The molecule has 0 aliphatic heterocycles. The molecule has 0 saturated heterocycles. The number of hydrogen-bond acceptors (Lipinski definition) is 2. The predicted octanol–water partition coefficient (Wildman–Crippen LogP) is 4.33. The molecule has 19 heavy (non-hydrogen) atoms. The van der Waals surface area contributed by atoms with E-state index in [1.807, 2.05) is 0 Å². The van der Waals surface area contributed by atoms with Crippen molar-refractivity contribution in [3.8, 4) is 11.5 Å². The van der Waals surface area contributed by atoms with E-state index in [2.05, 4.69) is 25.7 Å². The molecule has 0 bridgehead atoms. The average molecular weight is 340 g/mol. The van der Waals surface area contributed by atoms with E-state index in [9.17, 15) is 22.0 Å². The Kier molecular flexibility index (Phi) is 3.70. The molecule has 0 unspecified atom stereocenters. The summed E-state index contributed by atoms with van der Waals surface area (Å²) in [5.41, 5.74) is 0. The first-order valence-electron chi connectivity index (χ1n) is 4.71. The van der Waals surface area contributed by atoms with Gasteiger partial charge in [0.25, 0.3) is 0 Å². The molecule has 0 spiro atoms. The van der Waals surface area contributed by atoms with Crippen LogP contribution in [-0.4, -0.2) is 4.98 Å². The summed E-state index contributed by atoms with van der Waals surface area (Å²) >= 11 is 3.01. The van der Waals surface area contributed by atoms with Gasteiger partial charge in [0.1, 0.15) is 5.75 Å². The quantitative estimate of drug-likeness (QED) is 0.461. The summed E-state index contributed by atoms with van der Waals surface area (Å²) in [6.07, 6.45) is 2.41. The molecule has 1 aromatic heterocycles. The van der Waals surface area contributed by atoms with Crippen LogP contribution in [0.4, 0.5) is 22.0 Å². The van der Waals surface area contributed by atoms with E-state index in [0.29, 0.717) is 4.47 Å². The van der Waals surface area contributed by atoms with Gasteiger partial charge in [-0.2, -0.15) is 8.78 Å². The molecule has 0 saturated carbocycles. The largest absolute Gasteiger partial charge is 0.449 e. The van der Waals surface area contributed by atoms with E-state index in [1.54, 1.807) is 0 Å². The molecule has 0 amide bonds. The van der Waals surface area contributed by atoms with Crippen LogP contribution in [-0.2, 0) is 0 Å². The number of hydrogen-bond donors (Lipinski definition) is 0. The number of pyridine rings is 1. The van der Waals surface area contributed by atoms with E-state index in [0.717, 1.165) is 6.20 Å². The van der Waals surface area contributed by atoms with Crippen LogP contribution in [0.3, 0.4) is 0 Å². The Hall–Kier alpha value is -1.70. The van der Waals surface area contributed by atoms with Crippen molar-refractivity contribution < 1.29 is 26.7 Å². The van der Waals surface area contributed by atoms with E-state index < -0.39 is 34.8 Å². The molecule has 1 heterocycles. The minimum absolute atomic E-state index is 0.183. The molecule has 0 radical (unpaired) electrons. The normalized spacial score (nSPS) is 10.6. The third-order valence-corrected chi connectivity index (χ3v) is 2.50. The summed E-state index contributed by atoms with van der Waals surface area (Å²) in [6, 6.07) is 1.26. The average Bonchev–Trinajstić information content (AvgIpc) is 2.39. The van der Waals surface area contributed by atoms with Crippen LogP contribution < -0.4 is 4.74 Å². The summed E-state index contributed by atoms with van der Waals surface area (Å²) in [6.45, 7) is 0. The Morgan fingerprint density at radius 3 is 1.89 bits per heavy atom. The second-order valence-electron chi connectivity index (χ2n) is 3.34. The summed E-state index contributed by atoms with van der Waals surface area (Å²) in [4.78, 5) is 3.62. The minimum Gasteiger partial charge on any atom is -0.449 e. The lowest BCUT2D eigenvalue weighted by Gasteiger charge is -2.09. The van der Waals surface area contributed by atoms with Gasteiger partial charge < -0.3 is 4.74 Å². The molecule has 8 heteroatoms. The number of rotatable bonds is 2. The monoisotopic (exact) mass is 339 g/mol. The van der Waals surface area contributed by atoms with Gasteiger partial charge in [0.15, 0.2) is 0 Å². The fourth-order valence-corrected chi connectivity index (χ4v) is 1.58. The summed E-state index contributed by atoms with van der Waals surface area (Å²) in [5, 5.41) is 0. The van der Waals surface area contributed by atoms with Crippen LogP contribution in [0.2, 0.25) is 0 Å². The zero-order valence-corrected chi connectivity index (χ0v) is 10.4. The van der Waals surface area contributed by atoms with E-state index in [1.165, 1.54) is 12.3 Å². The van der Waals surface area contributed by atoms with Crippen LogP contribution in [0.1, 0.15) is 0 Å². The Morgan fingerprint density at radius 2 is 1.37 bits per heavy atom. The topological polar surface area (TPSA) is 22.1 Å². The lowest BCUT2D eigenvalue weighted by atomic mass is 10.2. The van der Waals surface area contributed by atoms with E-state index >= 15 is 0 Å². The molecule has 2 aromatic rings. The summed E-state index contributed by atoms with van der Waals surface area (Å²) in [5.74, 6) is -12.0. The van der Waals surface area contributed by atoms with Crippen molar-refractivity contribution in [1.29, 1.82) is 0 Å². The van der Waals surface area contributed by atoms with Crippen molar-refractivity contribution >= 4 is 15.9 Å². The standard InChI is InChI=1S/C11H3BrF5NO/c12-4-1-5(3-18-2-4)19-11-9(16)7(14)6(13)8(15)10(11)17/h1-3H. The zero-order valence-electron chi connectivity index (χ0n) is 8.86. The van der Waals surface area contributed by atoms with Crippen LogP contribution >= 0.6 is 15.9 Å². The van der Waals surface area contributed by atoms with Gasteiger partial charge >= 0.3 is 0 Å². The summed E-state index contributed by atoms with van der Waals surface area (Å²) < 4.78 is 70.3. The van der Waals surface area contributed by atoms with Crippen molar-refractivity contribution in [3.63, 3.8) is 0 Å². The second-order valence-corrected chi connectivity index (χ2v) is 4.26. The molecular weight excluding hydrogens is 337 g/mol. The smallest absolute Gasteiger partial charge is 0.207 e. The Bertz CT molecular complexity index is 620. The Labute approximate surface area is 112 Å². The molecule has 1 aromatic carbocycles. The Morgan fingerprint density at radius 1 is 0.842 bits per heavy atom. The highest BCUT2D eigenvalue weighted by Crippen LogP contribution is 2.32. The molecule has 0 aliphatic carbocycles. The molecule has 2 rings (SSSR count). The molecule has 2 nitrogen and oxygen atoms in total. The van der Waals surface area contributed by atoms with Crippen LogP contribution in [0, 0.1) is 29.1 Å². The van der Waals surface area contributed by atoms with E-state index in [-0.39, 0.29) is 5.75 Å². The van der Waals surface area contributed by atoms with Gasteiger partial charge in [0.2, 0.25) is 34.8 Å². The third kappa shape index (κ3) is 2.53. The first kappa shape index (κ1) is 13.7. The van der Waals surface area contributed by atoms with Gasteiger partial charge in [-0.25, -0.2) is 13.2 Å².